The lowest BCUT2D eigenvalue weighted by Gasteiger charge is -2.11. The SMILES string of the molecule is CCNc1ccc(Cl)c(C(=O)NCCCN(C)C)n1. The zero-order valence-electron chi connectivity index (χ0n) is 11.7. The van der Waals surface area contributed by atoms with E-state index < -0.39 is 0 Å². The molecule has 0 aromatic carbocycles. The van der Waals surface area contributed by atoms with Crippen LogP contribution < -0.4 is 10.6 Å². The van der Waals surface area contributed by atoms with Crippen molar-refractivity contribution < 1.29 is 4.79 Å². The van der Waals surface area contributed by atoms with E-state index in [0.717, 1.165) is 19.5 Å². The van der Waals surface area contributed by atoms with E-state index in [9.17, 15) is 4.79 Å². The number of carbonyl (C=O) groups is 1. The number of carbonyl (C=O) groups excluding carboxylic acids is 1. The fourth-order valence-corrected chi connectivity index (χ4v) is 1.75. The van der Waals surface area contributed by atoms with E-state index in [1.54, 1.807) is 12.1 Å². The van der Waals surface area contributed by atoms with Gasteiger partial charge in [0, 0.05) is 13.1 Å². The Morgan fingerprint density at radius 1 is 1.42 bits per heavy atom. The summed E-state index contributed by atoms with van der Waals surface area (Å²) in [6, 6.07) is 3.44. The first kappa shape index (κ1) is 15.7. The van der Waals surface area contributed by atoms with Gasteiger partial charge >= 0.3 is 0 Å². The summed E-state index contributed by atoms with van der Waals surface area (Å²) in [7, 11) is 4.00. The van der Waals surface area contributed by atoms with Crippen molar-refractivity contribution in [1.82, 2.24) is 15.2 Å². The smallest absolute Gasteiger partial charge is 0.271 e. The standard InChI is InChI=1S/C13H21ClN4O/c1-4-15-11-7-6-10(14)12(17-11)13(19)16-8-5-9-18(2)3/h6-7H,4-5,8-9H2,1-3H3,(H,15,17)(H,16,19). The maximum atomic E-state index is 12.0. The van der Waals surface area contributed by atoms with Gasteiger partial charge in [-0.25, -0.2) is 4.98 Å². The third-order valence-electron chi connectivity index (χ3n) is 2.49. The lowest BCUT2D eigenvalue weighted by atomic mass is 10.3. The Balaban J connectivity index is 2.57. The number of nitrogens with zero attached hydrogens (tertiary/aromatic N) is 2. The number of hydrogen-bond donors (Lipinski definition) is 2. The van der Waals surface area contributed by atoms with E-state index in [2.05, 4.69) is 20.5 Å². The minimum Gasteiger partial charge on any atom is -0.370 e. The fourth-order valence-electron chi connectivity index (χ4n) is 1.56. The highest BCUT2D eigenvalue weighted by molar-refractivity contribution is 6.33. The molecule has 0 atom stereocenters. The average Bonchev–Trinajstić information content (AvgIpc) is 2.36. The largest absolute Gasteiger partial charge is 0.370 e. The molecule has 0 unspecified atom stereocenters. The molecule has 1 heterocycles. The van der Waals surface area contributed by atoms with Crippen LogP contribution >= 0.6 is 11.6 Å². The van der Waals surface area contributed by atoms with Crippen molar-refractivity contribution in [3.63, 3.8) is 0 Å². The predicted octanol–water partition coefficient (Wildman–Crippen LogP) is 1.85. The summed E-state index contributed by atoms with van der Waals surface area (Å²) in [5, 5.41) is 6.25. The molecule has 0 aliphatic heterocycles. The Morgan fingerprint density at radius 2 is 2.16 bits per heavy atom. The van der Waals surface area contributed by atoms with Crippen molar-refractivity contribution in [3.8, 4) is 0 Å². The molecule has 6 heteroatoms. The molecule has 106 valence electrons. The zero-order chi connectivity index (χ0) is 14.3. The summed E-state index contributed by atoms with van der Waals surface area (Å²) < 4.78 is 0. The molecule has 0 fully saturated rings. The molecule has 1 aromatic heterocycles. The first-order chi connectivity index (χ1) is 9.04. The number of anilines is 1. The number of pyridine rings is 1. The molecule has 0 saturated heterocycles. The van der Waals surface area contributed by atoms with Crippen LogP contribution in [0.25, 0.3) is 0 Å². The van der Waals surface area contributed by atoms with E-state index in [4.69, 9.17) is 11.6 Å². The van der Waals surface area contributed by atoms with Gasteiger partial charge in [0.1, 0.15) is 11.5 Å². The fraction of sp³-hybridized carbons (Fsp3) is 0.538. The predicted molar refractivity (Wildman–Crippen MR) is 78.9 cm³/mol. The highest BCUT2D eigenvalue weighted by Crippen LogP contribution is 2.16. The van der Waals surface area contributed by atoms with Crippen LogP contribution in [0.1, 0.15) is 23.8 Å². The van der Waals surface area contributed by atoms with Crippen LogP contribution in [0.5, 0.6) is 0 Å². The van der Waals surface area contributed by atoms with Crippen molar-refractivity contribution in [2.45, 2.75) is 13.3 Å². The summed E-state index contributed by atoms with van der Waals surface area (Å²) >= 11 is 6.00. The maximum Gasteiger partial charge on any atom is 0.271 e. The number of hydrogen-bond acceptors (Lipinski definition) is 4. The average molecular weight is 285 g/mol. The van der Waals surface area contributed by atoms with Crippen molar-refractivity contribution in [2.24, 2.45) is 0 Å². The Morgan fingerprint density at radius 3 is 2.79 bits per heavy atom. The topological polar surface area (TPSA) is 57.3 Å². The molecule has 0 bridgehead atoms. The van der Waals surface area contributed by atoms with Crippen molar-refractivity contribution in [2.75, 3.05) is 39.0 Å². The lowest BCUT2D eigenvalue weighted by molar-refractivity contribution is 0.0947. The first-order valence-electron chi connectivity index (χ1n) is 6.38. The number of nitrogens with one attached hydrogen (secondary N) is 2. The van der Waals surface area contributed by atoms with Gasteiger partial charge in [0.15, 0.2) is 0 Å². The van der Waals surface area contributed by atoms with Crippen LogP contribution in [-0.2, 0) is 0 Å². The van der Waals surface area contributed by atoms with Crippen molar-refractivity contribution >= 4 is 23.3 Å². The summed E-state index contributed by atoms with van der Waals surface area (Å²) in [5.74, 6) is 0.425. The second kappa shape index (κ2) is 7.96. The molecule has 0 aliphatic carbocycles. The molecular weight excluding hydrogens is 264 g/mol. The molecule has 0 aliphatic rings. The van der Waals surface area contributed by atoms with E-state index in [1.165, 1.54) is 0 Å². The van der Waals surface area contributed by atoms with Crippen LogP contribution in [0.15, 0.2) is 12.1 Å². The minimum absolute atomic E-state index is 0.233. The van der Waals surface area contributed by atoms with Gasteiger partial charge in [-0.2, -0.15) is 0 Å². The third kappa shape index (κ3) is 5.44. The molecule has 2 N–H and O–H groups in total. The molecule has 1 aromatic rings. The van der Waals surface area contributed by atoms with Crippen LogP contribution in [0.3, 0.4) is 0 Å². The third-order valence-corrected chi connectivity index (χ3v) is 2.79. The van der Waals surface area contributed by atoms with E-state index in [-0.39, 0.29) is 11.6 Å². The molecular formula is C13H21ClN4O. The molecule has 0 radical (unpaired) electrons. The molecule has 5 nitrogen and oxygen atoms in total. The van der Waals surface area contributed by atoms with E-state index >= 15 is 0 Å². The summed E-state index contributed by atoms with van der Waals surface area (Å²) in [6.07, 6.45) is 0.892. The van der Waals surface area contributed by atoms with Crippen LogP contribution in [-0.4, -0.2) is 49.5 Å². The second-order valence-electron chi connectivity index (χ2n) is 4.47. The van der Waals surface area contributed by atoms with Gasteiger partial charge < -0.3 is 15.5 Å². The monoisotopic (exact) mass is 284 g/mol. The maximum absolute atomic E-state index is 12.0. The Bertz CT molecular complexity index is 423. The van der Waals surface area contributed by atoms with Crippen molar-refractivity contribution in [1.29, 1.82) is 0 Å². The van der Waals surface area contributed by atoms with Gasteiger partial charge in [-0.15, -0.1) is 0 Å². The molecule has 1 rings (SSSR count). The zero-order valence-corrected chi connectivity index (χ0v) is 12.4. The highest BCUT2D eigenvalue weighted by atomic mass is 35.5. The van der Waals surface area contributed by atoms with Gasteiger partial charge in [-0.05, 0) is 46.1 Å². The number of aromatic nitrogens is 1. The highest BCUT2D eigenvalue weighted by Gasteiger charge is 2.12. The molecule has 0 spiro atoms. The van der Waals surface area contributed by atoms with Crippen LogP contribution in [0, 0.1) is 0 Å². The normalized spacial score (nSPS) is 10.6. The summed E-state index contributed by atoms with van der Waals surface area (Å²) in [5.41, 5.74) is 0.268. The quantitative estimate of drug-likeness (QED) is 0.750. The van der Waals surface area contributed by atoms with Gasteiger partial charge in [-0.3, -0.25) is 4.79 Å². The van der Waals surface area contributed by atoms with Crippen molar-refractivity contribution in [3.05, 3.63) is 22.8 Å². The Kier molecular flexibility index (Phi) is 6.59. The lowest BCUT2D eigenvalue weighted by Crippen LogP contribution is -2.28. The van der Waals surface area contributed by atoms with E-state index in [1.807, 2.05) is 21.0 Å². The van der Waals surface area contributed by atoms with Crippen LogP contribution in [0.4, 0.5) is 5.82 Å². The van der Waals surface area contributed by atoms with Gasteiger partial charge in [0.05, 0.1) is 5.02 Å². The second-order valence-corrected chi connectivity index (χ2v) is 4.88. The van der Waals surface area contributed by atoms with Crippen LogP contribution in [0.2, 0.25) is 5.02 Å². The van der Waals surface area contributed by atoms with Gasteiger partial charge in [-0.1, -0.05) is 11.6 Å². The minimum atomic E-state index is -0.233. The summed E-state index contributed by atoms with van der Waals surface area (Å²) in [4.78, 5) is 18.3. The number of amides is 1. The summed E-state index contributed by atoms with van der Waals surface area (Å²) in [6.45, 7) is 4.26. The van der Waals surface area contributed by atoms with Gasteiger partial charge in [0.25, 0.3) is 5.91 Å². The van der Waals surface area contributed by atoms with Gasteiger partial charge in [0.2, 0.25) is 0 Å². The molecule has 19 heavy (non-hydrogen) atoms. The molecule has 0 saturated carbocycles. The van der Waals surface area contributed by atoms with E-state index in [0.29, 0.717) is 17.4 Å². The first-order valence-corrected chi connectivity index (χ1v) is 6.75. The number of rotatable bonds is 7. The number of halogens is 1. The Hall–Kier alpha value is -1.33. The molecule has 1 amide bonds. The Labute approximate surface area is 119 Å².